The number of aliphatic carboxylic acids is 1. The molecule has 24 heavy (non-hydrogen) atoms. The minimum absolute atomic E-state index is 0.0153. The fraction of sp³-hybridized carbons (Fsp3) is 0.385. The minimum atomic E-state index is -5.00. The van der Waals surface area contributed by atoms with E-state index < -0.39 is 18.6 Å². The topological polar surface area (TPSA) is 117 Å². The van der Waals surface area contributed by atoms with Gasteiger partial charge in [-0.05, 0) is 5.56 Å². The minimum Gasteiger partial charge on any atom is -0.475 e. The van der Waals surface area contributed by atoms with Gasteiger partial charge in [-0.2, -0.15) is 0 Å². The molecule has 1 unspecified atom stereocenters. The second kappa shape index (κ2) is 10.5. The van der Waals surface area contributed by atoms with E-state index in [9.17, 15) is 23.1 Å². The third kappa shape index (κ3) is 12.3. The zero-order valence-corrected chi connectivity index (χ0v) is 12.9. The number of carboxylic acid groups (broad SMARTS) is 1. The summed E-state index contributed by atoms with van der Waals surface area (Å²) in [5, 5.41) is 29.4. The molecule has 0 fully saturated rings. The second-order valence-electron chi connectivity index (χ2n) is 4.46. The highest BCUT2D eigenvalue weighted by Gasteiger charge is 2.20. The number of amidine groups is 1. The predicted octanol–water partition coefficient (Wildman–Crippen LogP) is 0.272. The predicted molar refractivity (Wildman–Crippen MR) is 79.6 cm³/mol. The first kappa shape index (κ1) is 21.8. The number of nitrogens with zero attached hydrogens (tertiary/aromatic N) is 2. The number of aliphatic hydroxyl groups excluding tert-OH is 1. The summed E-state index contributed by atoms with van der Waals surface area (Å²) in [6.45, 7) is -0.0153. The van der Waals surface area contributed by atoms with Crippen molar-refractivity contribution >= 4 is 11.8 Å². The van der Waals surface area contributed by atoms with Gasteiger partial charge in [0.15, 0.2) is 0 Å². The van der Waals surface area contributed by atoms with Gasteiger partial charge in [0.1, 0.15) is 6.23 Å². The van der Waals surface area contributed by atoms with Gasteiger partial charge in [-0.25, -0.2) is 14.8 Å². The maximum Gasteiger partial charge on any atom is 0.519 e. The van der Waals surface area contributed by atoms with E-state index in [0.29, 0.717) is 5.56 Å². The number of carboxylic acids is 1. The molecule has 0 aliphatic carbocycles. The average Bonchev–Trinajstić information content (AvgIpc) is 2.44. The molecule has 0 radical (unpaired) electrons. The Bertz CT molecular complexity index is 518. The lowest BCUT2D eigenvalue weighted by Crippen LogP contribution is -2.41. The highest BCUT2D eigenvalue weighted by atomic mass is 19.4. The molecule has 0 spiro atoms. The summed E-state index contributed by atoms with van der Waals surface area (Å²) in [4.78, 5) is 14.7. The summed E-state index contributed by atoms with van der Waals surface area (Å²) in [5.74, 6) is -1.36. The molecule has 0 aliphatic rings. The first-order valence-corrected chi connectivity index (χ1v) is 6.48. The highest BCUT2D eigenvalue weighted by molar-refractivity contribution is 6.34. The molecule has 1 rings (SSSR count). The highest BCUT2D eigenvalue weighted by Crippen LogP contribution is 2.08. The van der Waals surface area contributed by atoms with Crippen LogP contribution in [0.15, 0.2) is 35.3 Å². The van der Waals surface area contributed by atoms with Gasteiger partial charge in [-0.3, -0.25) is 10.7 Å². The molecule has 0 aliphatic heterocycles. The fourth-order valence-corrected chi connectivity index (χ4v) is 1.33. The maximum absolute atomic E-state index is 10.9. The molecule has 1 aromatic carbocycles. The van der Waals surface area contributed by atoms with Crippen molar-refractivity contribution in [2.24, 2.45) is 4.99 Å². The molecule has 0 heterocycles. The van der Waals surface area contributed by atoms with Crippen LogP contribution in [0.1, 0.15) is 11.8 Å². The Labute approximate surface area is 136 Å². The number of rotatable bonds is 5. The lowest BCUT2D eigenvalue weighted by molar-refractivity contribution is -0.295. The van der Waals surface area contributed by atoms with Crippen molar-refractivity contribution in [3.63, 3.8) is 0 Å². The summed E-state index contributed by atoms with van der Waals surface area (Å²) in [7, 11) is 3.31. The van der Waals surface area contributed by atoms with Crippen LogP contribution < -0.4 is 10.7 Å². The summed E-state index contributed by atoms with van der Waals surface area (Å²) >= 11 is 0. The second-order valence-corrected chi connectivity index (χ2v) is 4.46. The zero-order valence-electron chi connectivity index (χ0n) is 12.9. The molecule has 1 aromatic rings. The molecular weight excluding hydrogens is 333 g/mol. The van der Waals surface area contributed by atoms with Gasteiger partial charge in [0.25, 0.3) is 0 Å². The SMILES string of the molecule is CN(C)N/C(=N\CNC(O)c1ccccc1)C(=O)O.OC(F)(F)F. The van der Waals surface area contributed by atoms with E-state index in [1.54, 1.807) is 38.4 Å². The van der Waals surface area contributed by atoms with E-state index in [0.717, 1.165) is 0 Å². The number of benzene rings is 1. The number of alkyl halides is 3. The van der Waals surface area contributed by atoms with Crippen molar-refractivity contribution in [1.82, 2.24) is 15.8 Å². The Hall–Kier alpha value is -2.21. The summed E-state index contributed by atoms with van der Waals surface area (Å²) in [6.07, 6.45) is -5.89. The van der Waals surface area contributed by atoms with Crippen LogP contribution in [-0.4, -0.2) is 59.3 Å². The number of hydrogen-bond acceptors (Lipinski definition) is 6. The Kier molecular flexibility index (Phi) is 9.57. The van der Waals surface area contributed by atoms with Crippen LogP contribution >= 0.6 is 0 Å². The number of aliphatic hydroxyl groups is 2. The molecule has 0 bridgehead atoms. The van der Waals surface area contributed by atoms with Gasteiger partial charge in [-0.1, -0.05) is 30.3 Å². The first-order chi connectivity index (χ1) is 11.0. The molecule has 5 N–H and O–H groups in total. The quantitative estimate of drug-likeness (QED) is 0.223. The third-order valence-corrected chi connectivity index (χ3v) is 2.17. The van der Waals surface area contributed by atoms with Crippen LogP contribution in [-0.2, 0) is 4.79 Å². The van der Waals surface area contributed by atoms with Crippen molar-refractivity contribution in [2.45, 2.75) is 12.6 Å². The molecule has 1 atom stereocenters. The van der Waals surface area contributed by atoms with Crippen molar-refractivity contribution in [2.75, 3.05) is 20.8 Å². The number of aliphatic imine (C=N–C) groups is 1. The number of hydrogen-bond donors (Lipinski definition) is 5. The number of nitrogens with one attached hydrogen (secondary N) is 2. The summed E-state index contributed by atoms with van der Waals surface area (Å²) in [5.41, 5.74) is 3.24. The fourth-order valence-electron chi connectivity index (χ4n) is 1.33. The Morgan fingerprint density at radius 1 is 1.29 bits per heavy atom. The Morgan fingerprint density at radius 3 is 2.21 bits per heavy atom. The van der Waals surface area contributed by atoms with E-state index >= 15 is 0 Å². The van der Waals surface area contributed by atoms with Crippen LogP contribution in [0.3, 0.4) is 0 Å². The molecule has 8 nitrogen and oxygen atoms in total. The van der Waals surface area contributed by atoms with Gasteiger partial charge in [0, 0.05) is 14.1 Å². The lowest BCUT2D eigenvalue weighted by atomic mass is 10.2. The summed E-state index contributed by atoms with van der Waals surface area (Å²) in [6, 6.07) is 8.98. The van der Waals surface area contributed by atoms with Crippen molar-refractivity contribution in [3.8, 4) is 0 Å². The monoisotopic (exact) mass is 352 g/mol. The van der Waals surface area contributed by atoms with Crippen LogP contribution in [0.5, 0.6) is 0 Å². The van der Waals surface area contributed by atoms with Crippen molar-refractivity contribution < 1.29 is 33.3 Å². The average molecular weight is 352 g/mol. The van der Waals surface area contributed by atoms with Crippen LogP contribution in [0.2, 0.25) is 0 Å². The van der Waals surface area contributed by atoms with Crippen molar-refractivity contribution in [3.05, 3.63) is 35.9 Å². The Morgan fingerprint density at radius 2 is 1.79 bits per heavy atom. The normalized spacial score (nSPS) is 13.1. The third-order valence-electron chi connectivity index (χ3n) is 2.17. The maximum atomic E-state index is 10.9. The van der Waals surface area contributed by atoms with Gasteiger partial charge in [0.2, 0.25) is 5.84 Å². The van der Waals surface area contributed by atoms with E-state index in [2.05, 4.69) is 15.7 Å². The number of carbonyl (C=O) groups is 1. The molecule has 0 saturated heterocycles. The summed E-state index contributed by atoms with van der Waals surface area (Å²) < 4.78 is 29.7. The molecule has 0 saturated carbocycles. The molecular formula is C13H19F3N4O4. The van der Waals surface area contributed by atoms with Crippen LogP contribution in [0.25, 0.3) is 0 Å². The van der Waals surface area contributed by atoms with Gasteiger partial charge < -0.3 is 15.3 Å². The molecule has 11 heteroatoms. The van der Waals surface area contributed by atoms with Crippen molar-refractivity contribution in [1.29, 1.82) is 0 Å². The van der Waals surface area contributed by atoms with Gasteiger partial charge in [0.05, 0.1) is 6.67 Å². The van der Waals surface area contributed by atoms with E-state index in [1.165, 1.54) is 5.01 Å². The van der Waals surface area contributed by atoms with Gasteiger partial charge in [-0.15, -0.1) is 13.2 Å². The standard InChI is InChI=1S/C12H18N4O3.CHF3O/c1-16(2)15-10(12(18)19)13-8-14-11(17)9-6-4-3-5-7-9;2-1(3,4)5/h3-7,11,14,17H,8H2,1-2H3,(H,13,15)(H,18,19);5H. The van der Waals surface area contributed by atoms with E-state index in [-0.39, 0.29) is 12.5 Å². The van der Waals surface area contributed by atoms with E-state index in [4.69, 9.17) is 10.2 Å². The van der Waals surface area contributed by atoms with Crippen LogP contribution in [0, 0.1) is 0 Å². The smallest absolute Gasteiger partial charge is 0.475 e. The van der Waals surface area contributed by atoms with E-state index in [1.807, 2.05) is 6.07 Å². The molecule has 136 valence electrons. The lowest BCUT2D eigenvalue weighted by Gasteiger charge is -2.14. The largest absolute Gasteiger partial charge is 0.519 e. The first-order valence-electron chi connectivity index (χ1n) is 6.48. The molecule has 0 aromatic heterocycles. The molecule has 0 amide bonds. The van der Waals surface area contributed by atoms with Crippen LogP contribution in [0.4, 0.5) is 13.2 Å². The number of hydrazine groups is 1. The van der Waals surface area contributed by atoms with Gasteiger partial charge >= 0.3 is 12.3 Å². The number of halogens is 3. The zero-order chi connectivity index (χ0) is 18.8. The Balaban J connectivity index is 0.000000922.